The van der Waals surface area contributed by atoms with Crippen molar-refractivity contribution in [2.75, 3.05) is 0 Å². The van der Waals surface area contributed by atoms with Crippen LogP contribution >= 0.6 is 0 Å². The molecule has 0 unspecified atom stereocenters. The van der Waals surface area contributed by atoms with Gasteiger partial charge in [-0.1, -0.05) is 59.3 Å². The Kier molecular flexibility index (Phi) is 6.25. The van der Waals surface area contributed by atoms with E-state index in [9.17, 15) is 9.90 Å². The van der Waals surface area contributed by atoms with Crippen LogP contribution in [0.5, 0.6) is 0 Å². The van der Waals surface area contributed by atoms with Crippen LogP contribution in [0.25, 0.3) is 0 Å². The predicted molar refractivity (Wildman–Crippen MR) is 135 cm³/mol. The van der Waals surface area contributed by atoms with E-state index in [4.69, 9.17) is 5.11 Å². The summed E-state index contributed by atoms with van der Waals surface area (Å²) >= 11 is 0. The number of aliphatic hydroxyl groups is 1. The van der Waals surface area contributed by atoms with Crippen LogP contribution in [0.1, 0.15) is 106 Å². The normalized spacial score (nSPS) is 45.5. The highest BCUT2D eigenvalue weighted by Crippen LogP contribution is 2.73. The lowest BCUT2D eigenvalue weighted by Gasteiger charge is -2.64. The van der Waals surface area contributed by atoms with E-state index in [2.05, 4.69) is 47.6 Å². The molecule has 0 aliphatic heterocycles. The maximum Gasteiger partial charge on any atom is 0.330 e. The van der Waals surface area contributed by atoms with Gasteiger partial charge in [0.05, 0.1) is 6.10 Å². The Hall–Kier alpha value is -1.09. The van der Waals surface area contributed by atoms with Crippen LogP contribution in [-0.4, -0.2) is 22.3 Å². The van der Waals surface area contributed by atoms with Crippen molar-refractivity contribution >= 4 is 5.97 Å². The van der Waals surface area contributed by atoms with Crippen molar-refractivity contribution < 1.29 is 15.0 Å². The van der Waals surface area contributed by atoms with Crippen LogP contribution in [0.4, 0.5) is 0 Å². The zero-order valence-electron chi connectivity index (χ0n) is 22.2. The van der Waals surface area contributed by atoms with Crippen molar-refractivity contribution in [1.29, 1.82) is 0 Å². The third kappa shape index (κ3) is 3.58. The Morgan fingerprint density at radius 1 is 1.12 bits per heavy atom. The molecule has 186 valence electrons. The molecule has 0 bridgehead atoms. The molecule has 3 heteroatoms. The molecule has 0 aromatic heterocycles. The molecule has 0 aromatic rings. The average molecular weight is 457 g/mol. The highest BCUT2D eigenvalue weighted by molar-refractivity contribution is 5.85. The average Bonchev–Trinajstić information content (AvgIpc) is 3.02. The van der Waals surface area contributed by atoms with Crippen molar-refractivity contribution in [2.24, 2.45) is 45.3 Å². The van der Waals surface area contributed by atoms with Gasteiger partial charge in [-0.25, -0.2) is 4.79 Å². The molecule has 4 aliphatic rings. The number of aliphatic carboxylic acids is 1. The van der Waals surface area contributed by atoms with Crippen molar-refractivity contribution in [3.8, 4) is 0 Å². The van der Waals surface area contributed by atoms with Crippen LogP contribution in [0.2, 0.25) is 0 Å². The van der Waals surface area contributed by atoms with Gasteiger partial charge >= 0.3 is 5.97 Å². The summed E-state index contributed by atoms with van der Waals surface area (Å²) in [5.74, 6) is 1.75. The molecule has 8 atom stereocenters. The summed E-state index contributed by atoms with van der Waals surface area (Å²) in [5.41, 5.74) is 3.13. The maximum atomic E-state index is 11.1. The van der Waals surface area contributed by atoms with Crippen LogP contribution < -0.4 is 0 Å². The highest BCUT2D eigenvalue weighted by atomic mass is 16.4. The Morgan fingerprint density at radius 3 is 2.48 bits per heavy atom. The summed E-state index contributed by atoms with van der Waals surface area (Å²) in [6.45, 7) is 16.5. The smallest absolute Gasteiger partial charge is 0.330 e. The molecule has 33 heavy (non-hydrogen) atoms. The first-order chi connectivity index (χ1) is 15.3. The van der Waals surface area contributed by atoms with Crippen molar-refractivity contribution in [3.63, 3.8) is 0 Å². The van der Waals surface area contributed by atoms with E-state index in [1.165, 1.54) is 25.7 Å². The van der Waals surface area contributed by atoms with Gasteiger partial charge in [0.2, 0.25) is 0 Å². The number of fused-ring (bicyclic) bond motifs is 5. The van der Waals surface area contributed by atoms with Gasteiger partial charge < -0.3 is 10.2 Å². The second-order valence-electron chi connectivity index (χ2n) is 13.6. The van der Waals surface area contributed by atoms with Crippen molar-refractivity contribution in [2.45, 2.75) is 112 Å². The van der Waals surface area contributed by atoms with Crippen LogP contribution in [0.15, 0.2) is 23.3 Å². The lowest BCUT2D eigenvalue weighted by molar-refractivity contribution is -0.132. The van der Waals surface area contributed by atoms with E-state index < -0.39 is 5.97 Å². The molecule has 0 radical (unpaired) electrons. The molecule has 0 aromatic carbocycles. The Morgan fingerprint density at radius 2 is 1.82 bits per heavy atom. The maximum absolute atomic E-state index is 11.1. The van der Waals surface area contributed by atoms with Gasteiger partial charge in [-0.3, -0.25) is 0 Å². The molecule has 0 spiro atoms. The minimum atomic E-state index is -0.796. The summed E-state index contributed by atoms with van der Waals surface area (Å²) in [7, 11) is 0. The highest BCUT2D eigenvalue weighted by Gasteiger charge is 2.65. The first kappa shape index (κ1) is 25.0. The number of carboxylic acid groups (broad SMARTS) is 1. The van der Waals surface area contributed by atoms with Crippen molar-refractivity contribution in [1.82, 2.24) is 0 Å². The Balaban J connectivity index is 1.58. The predicted octanol–water partition coefficient (Wildman–Crippen LogP) is 7.40. The van der Waals surface area contributed by atoms with Gasteiger partial charge in [0.25, 0.3) is 0 Å². The van der Waals surface area contributed by atoms with E-state index in [-0.39, 0.29) is 16.9 Å². The number of hydrogen-bond donors (Lipinski definition) is 2. The van der Waals surface area contributed by atoms with Gasteiger partial charge in [-0.15, -0.1) is 0 Å². The summed E-state index contributed by atoms with van der Waals surface area (Å²) in [5, 5.41) is 20.0. The molecule has 3 nitrogen and oxygen atoms in total. The number of carboxylic acids is 1. The first-order valence-corrected chi connectivity index (χ1v) is 13.6. The van der Waals surface area contributed by atoms with E-state index in [0.29, 0.717) is 40.1 Å². The lowest BCUT2D eigenvalue weighted by Crippen LogP contribution is -2.58. The Labute approximate surface area is 202 Å². The second kappa shape index (κ2) is 8.25. The van der Waals surface area contributed by atoms with Gasteiger partial charge in [0.1, 0.15) is 0 Å². The third-order valence-corrected chi connectivity index (χ3v) is 12.0. The van der Waals surface area contributed by atoms with Crippen LogP contribution in [0, 0.1) is 45.3 Å². The summed E-state index contributed by atoms with van der Waals surface area (Å²) in [4.78, 5) is 11.1. The van der Waals surface area contributed by atoms with Gasteiger partial charge in [0, 0.05) is 5.57 Å². The molecule has 0 saturated heterocycles. The molecular formula is C30H48O3. The van der Waals surface area contributed by atoms with E-state index in [0.717, 1.165) is 32.1 Å². The largest absolute Gasteiger partial charge is 0.478 e. The Bertz CT molecular complexity index is 853. The molecule has 2 N–H and O–H groups in total. The summed E-state index contributed by atoms with van der Waals surface area (Å²) in [6, 6.07) is 0. The van der Waals surface area contributed by atoms with Crippen molar-refractivity contribution in [3.05, 3.63) is 23.3 Å². The summed E-state index contributed by atoms with van der Waals surface area (Å²) < 4.78 is 0. The topological polar surface area (TPSA) is 57.5 Å². The molecule has 3 saturated carbocycles. The number of allylic oxidation sites excluding steroid dienone is 3. The first-order valence-electron chi connectivity index (χ1n) is 13.6. The minimum Gasteiger partial charge on any atom is -0.478 e. The number of rotatable bonds is 5. The second-order valence-corrected chi connectivity index (χ2v) is 13.6. The van der Waals surface area contributed by atoms with Gasteiger partial charge in [-0.2, -0.15) is 0 Å². The fourth-order valence-corrected chi connectivity index (χ4v) is 9.50. The minimum absolute atomic E-state index is 0.00892. The fraction of sp³-hybridized carbons (Fsp3) is 0.833. The summed E-state index contributed by atoms with van der Waals surface area (Å²) in [6.07, 6.45) is 14.7. The zero-order valence-corrected chi connectivity index (χ0v) is 22.2. The number of aliphatic hydroxyl groups excluding tert-OH is 1. The molecular weight excluding hydrogens is 408 g/mol. The zero-order chi connectivity index (χ0) is 24.4. The molecule has 3 fully saturated rings. The van der Waals surface area contributed by atoms with Crippen LogP contribution in [0.3, 0.4) is 0 Å². The van der Waals surface area contributed by atoms with Gasteiger partial charge in [0.15, 0.2) is 0 Å². The number of hydrogen-bond acceptors (Lipinski definition) is 2. The lowest BCUT2D eigenvalue weighted by atomic mass is 9.41. The van der Waals surface area contributed by atoms with Gasteiger partial charge in [-0.05, 0) is 110 Å². The van der Waals surface area contributed by atoms with Crippen LogP contribution in [-0.2, 0) is 4.79 Å². The van der Waals surface area contributed by atoms with E-state index in [1.54, 1.807) is 12.5 Å². The fourth-order valence-electron chi connectivity index (χ4n) is 9.50. The van der Waals surface area contributed by atoms with E-state index in [1.807, 2.05) is 6.08 Å². The molecule has 4 rings (SSSR count). The third-order valence-electron chi connectivity index (χ3n) is 12.0. The van der Waals surface area contributed by atoms with E-state index >= 15 is 0 Å². The monoisotopic (exact) mass is 456 g/mol. The number of carbonyl (C=O) groups is 1. The quantitative estimate of drug-likeness (QED) is 0.335. The molecule has 4 aliphatic carbocycles. The molecule has 0 heterocycles. The molecule has 0 amide bonds. The SMILES string of the molecule is C/C(=C/CC[C@@H](C)[C@@H]1CC[C@]2(C)C3=CC[C@H]4C(C)(C)[C@H](O)CC[C@]4(C)[C@@H]3CC[C@@]12C)C(=O)O. The standard InChI is InChI=1S/C30H48O3/c1-19(9-8-10-20(2)26(32)33)21-13-17-30(7)23-11-12-24-27(3,4)25(31)15-16-28(24,5)22(23)14-18-29(21,30)6/h10-11,19,21-22,24-25,31H,8-9,12-18H2,1-7H3,(H,32,33)/b20-10-/t19-,21+,22-,24+,25-,28-,29+,30-/m1/s1.